The molecule has 0 unspecified atom stereocenters. The van der Waals surface area contributed by atoms with Crippen molar-refractivity contribution in [2.75, 3.05) is 13.1 Å². The predicted molar refractivity (Wildman–Crippen MR) is 81.9 cm³/mol. The number of halogens is 1. The first-order valence-electron chi connectivity index (χ1n) is 7.90. The van der Waals surface area contributed by atoms with Gasteiger partial charge in [-0.1, -0.05) is 0 Å². The number of nitrogens with one attached hydrogen (secondary N) is 1. The number of likely N-dealkylation sites (tertiary alicyclic amines) is 1. The van der Waals surface area contributed by atoms with Crippen LogP contribution < -0.4 is 5.32 Å². The molecule has 0 spiro atoms. The SMILES string of the molecule is O=C1NC[C@@H]2[C@H]1CCCN2C(=O)c1cnn(-c2ccc(F)cc2)n1. The molecule has 4 rings (SSSR count). The first kappa shape index (κ1) is 14.8. The third-order valence-electron chi connectivity index (χ3n) is 4.63. The van der Waals surface area contributed by atoms with E-state index in [0.29, 0.717) is 18.8 Å². The van der Waals surface area contributed by atoms with Crippen LogP contribution in [0.15, 0.2) is 30.5 Å². The zero-order chi connectivity index (χ0) is 16.7. The molecular weight excluding hydrogens is 313 g/mol. The van der Waals surface area contributed by atoms with E-state index in [1.54, 1.807) is 17.0 Å². The second-order valence-corrected chi connectivity index (χ2v) is 6.06. The Morgan fingerprint density at radius 1 is 1.29 bits per heavy atom. The van der Waals surface area contributed by atoms with Crippen molar-refractivity contribution in [2.45, 2.75) is 18.9 Å². The van der Waals surface area contributed by atoms with Gasteiger partial charge < -0.3 is 10.2 Å². The van der Waals surface area contributed by atoms with E-state index >= 15 is 0 Å². The van der Waals surface area contributed by atoms with Gasteiger partial charge in [0.2, 0.25) is 5.91 Å². The largest absolute Gasteiger partial charge is 0.354 e. The number of benzene rings is 1. The van der Waals surface area contributed by atoms with Gasteiger partial charge in [0.1, 0.15) is 5.82 Å². The number of amides is 2. The lowest BCUT2D eigenvalue weighted by Crippen LogP contribution is -2.48. The van der Waals surface area contributed by atoms with E-state index in [-0.39, 0.29) is 35.3 Å². The third-order valence-corrected chi connectivity index (χ3v) is 4.63. The van der Waals surface area contributed by atoms with Crippen molar-refractivity contribution in [1.82, 2.24) is 25.2 Å². The van der Waals surface area contributed by atoms with Gasteiger partial charge in [-0.05, 0) is 37.1 Å². The number of hydrogen-bond acceptors (Lipinski definition) is 4. The number of hydrogen-bond donors (Lipinski definition) is 1. The molecule has 2 aliphatic heterocycles. The summed E-state index contributed by atoms with van der Waals surface area (Å²) in [6.07, 6.45) is 3.01. The van der Waals surface area contributed by atoms with Gasteiger partial charge in [0.15, 0.2) is 5.69 Å². The molecule has 2 amide bonds. The minimum Gasteiger partial charge on any atom is -0.354 e. The molecule has 1 N–H and O–H groups in total. The number of rotatable bonds is 2. The second-order valence-electron chi connectivity index (χ2n) is 6.06. The maximum absolute atomic E-state index is 13.0. The highest BCUT2D eigenvalue weighted by atomic mass is 19.1. The van der Waals surface area contributed by atoms with Gasteiger partial charge in [0.05, 0.1) is 23.8 Å². The number of carbonyl (C=O) groups is 2. The molecule has 0 bridgehead atoms. The van der Waals surface area contributed by atoms with Gasteiger partial charge in [-0.15, -0.1) is 5.10 Å². The molecule has 2 aliphatic rings. The standard InChI is InChI=1S/C16H16FN5O2/c17-10-3-5-11(6-4-10)22-19-8-13(20-22)16(24)21-7-1-2-12-14(21)9-18-15(12)23/h3-6,8,12,14H,1-2,7,9H2,(H,18,23)/t12-,14-/m1/s1. The van der Waals surface area contributed by atoms with Crippen LogP contribution in [0.1, 0.15) is 23.3 Å². The summed E-state index contributed by atoms with van der Waals surface area (Å²) in [5, 5.41) is 11.1. The number of aromatic nitrogens is 3. The van der Waals surface area contributed by atoms with Crippen LogP contribution in [-0.2, 0) is 4.79 Å². The molecule has 8 heteroatoms. The number of piperidine rings is 1. The fraction of sp³-hybridized carbons (Fsp3) is 0.375. The van der Waals surface area contributed by atoms with Gasteiger partial charge in [0, 0.05) is 13.1 Å². The first-order chi connectivity index (χ1) is 11.6. The lowest BCUT2D eigenvalue weighted by atomic mass is 9.91. The van der Waals surface area contributed by atoms with Crippen LogP contribution in [0, 0.1) is 11.7 Å². The Kier molecular flexibility index (Phi) is 3.51. The monoisotopic (exact) mass is 329 g/mol. The minimum atomic E-state index is -0.347. The summed E-state index contributed by atoms with van der Waals surface area (Å²) in [6.45, 7) is 1.10. The fourth-order valence-corrected chi connectivity index (χ4v) is 3.41. The summed E-state index contributed by atoms with van der Waals surface area (Å²) in [5.74, 6) is -0.683. The predicted octanol–water partition coefficient (Wildman–Crippen LogP) is 0.757. The van der Waals surface area contributed by atoms with Gasteiger partial charge in [-0.3, -0.25) is 9.59 Å². The molecule has 0 aliphatic carbocycles. The highest BCUT2D eigenvalue weighted by molar-refractivity contribution is 5.93. The zero-order valence-corrected chi connectivity index (χ0v) is 12.9. The number of fused-ring (bicyclic) bond motifs is 1. The fourth-order valence-electron chi connectivity index (χ4n) is 3.41. The summed E-state index contributed by atoms with van der Waals surface area (Å²) in [5.41, 5.74) is 0.795. The van der Waals surface area contributed by atoms with Crippen LogP contribution in [0.4, 0.5) is 4.39 Å². The Hall–Kier alpha value is -2.77. The zero-order valence-electron chi connectivity index (χ0n) is 12.9. The minimum absolute atomic E-state index is 0.0208. The average molecular weight is 329 g/mol. The van der Waals surface area contributed by atoms with E-state index in [4.69, 9.17) is 0 Å². The quantitative estimate of drug-likeness (QED) is 0.882. The summed E-state index contributed by atoms with van der Waals surface area (Å²) in [6, 6.07) is 5.59. The summed E-state index contributed by atoms with van der Waals surface area (Å²) in [4.78, 5) is 27.6. The van der Waals surface area contributed by atoms with E-state index < -0.39 is 0 Å². The maximum Gasteiger partial charge on any atom is 0.276 e. The third kappa shape index (κ3) is 2.44. The van der Waals surface area contributed by atoms with Gasteiger partial charge in [-0.2, -0.15) is 9.90 Å². The lowest BCUT2D eigenvalue weighted by Gasteiger charge is -2.35. The summed E-state index contributed by atoms with van der Waals surface area (Å²) < 4.78 is 13.0. The lowest BCUT2D eigenvalue weighted by molar-refractivity contribution is -0.123. The van der Waals surface area contributed by atoms with Crippen LogP contribution >= 0.6 is 0 Å². The Bertz CT molecular complexity index is 788. The molecule has 7 nitrogen and oxygen atoms in total. The Balaban J connectivity index is 1.57. The highest BCUT2D eigenvalue weighted by Gasteiger charge is 2.43. The van der Waals surface area contributed by atoms with Gasteiger partial charge in [0.25, 0.3) is 5.91 Å². The molecule has 2 saturated heterocycles. The van der Waals surface area contributed by atoms with E-state index in [0.717, 1.165) is 12.8 Å². The van der Waals surface area contributed by atoms with Crippen molar-refractivity contribution in [1.29, 1.82) is 0 Å². The Morgan fingerprint density at radius 2 is 2.08 bits per heavy atom. The Labute approximate surface area is 137 Å². The van der Waals surface area contributed by atoms with Crippen LogP contribution in [0.5, 0.6) is 0 Å². The molecule has 1 aromatic heterocycles. The van der Waals surface area contributed by atoms with Crippen molar-refractivity contribution < 1.29 is 14.0 Å². The number of carbonyl (C=O) groups excluding carboxylic acids is 2. The van der Waals surface area contributed by atoms with Crippen LogP contribution in [0.25, 0.3) is 5.69 Å². The van der Waals surface area contributed by atoms with Crippen LogP contribution in [0.3, 0.4) is 0 Å². The molecule has 2 atom stereocenters. The van der Waals surface area contributed by atoms with Crippen LogP contribution in [-0.4, -0.2) is 50.8 Å². The second kappa shape index (κ2) is 5.70. The van der Waals surface area contributed by atoms with Crippen molar-refractivity contribution >= 4 is 11.8 Å². The topological polar surface area (TPSA) is 80.1 Å². The summed E-state index contributed by atoms with van der Waals surface area (Å²) >= 11 is 0. The summed E-state index contributed by atoms with van der Waals surface area (Å²) in [7, 11) is 0. The highest BCUT2D eigenvalue weighted by Crippen LogP contribution is 2.28. The van der Waals surface area contributed by atoms with E-state index in [9.17, 15) is 14.0 Å². The number of nitrogens with zero attached hydrogens (tertiary/aromatic N) is 4. The molecule has 0 radical (unpaired) electrons. The smallest absolute Gasteiger partial charge is 0.276 e. The molecule has 24 heavy (non-hydrogen) atoms. The average Bonchev–Trinajstić information content (AvgIpc) is 3.23. The molecular formula is C16H16FN5O2. The molecule has 1 aromatic carbocycles. The van der Waals surface area contributed by atoms with E-state index in [2.05, 4.69) is 15.5 Å². The molecule has 3 heterocycles. The van der Waals surface area contributed by atoms with Crippen LogP contribution in [0.2, 0.25) is 0 Å². The molecule has 124 valence electrons. The van der Waals surface area contributed by atoms with Crippen molar-refractivity contribution in [3.63, 3.8) is 0 Å². The van der Waals surface area contributed by atoms with E-state index in [1.165, 1.54) is 23.1 Å². The van der Waals surface area contributed by atoms with Crippen molar-refractivity contribution in [2.24, 2.45) is 5.92 Å². The molecule has 0 saturated carbocycles. The van der Waals surface area contributed by atoms with Gasteiger partial charge >= 0.3 is 0 Å². The van der Waals surface area contributed by atoms with E-state index in [1.807, 2.05) is 0 Å². The first-order valence-corrected chi connectivity index (χ1v) is 7.90. The normalized spacial score (nSPS) is 23.0. The molecule has 2 fully saturated rings. The van der Waals surface area contributed by atoms with Gasteiger partial charge in [-0.25, -0.2) is 4.39 Å². The Morgan fingerprint density at radius 3 is 2.88 bits per heavy atom. The maximum atomic E-state index is 13.0. The van der Waals surface area contributed by atoms with Crippen molar-refractivity contribution in [3.8, 4) is 5.69 Å². The molecule has 2 aromatic rings. The van der Waals surface area contributed by atoms with Crippen molar-refractivity contribution in [3.05, 3.63) is 42.0 Å².